The molecule has 12 nitrogen and oxygen atoms in total. The number of nitrogens with zero attached hydrogens (tertiary/aromatic N) is 7. The van der Waals surface area contributed by atoms with Crippen LogP contribution in [0.5, 0.6) is 0 Å². The number of ether oxygens (including phenoxy) is 1. The summed E-state index contributed by atoms with van der Waals surface area (Å²) in [6.45, 7) is 3.09. The summed E-state index contributed by atoms with van der Waals surface area (Å²) in [4.78, 5) is 15.3. The minimum Gasteiger partial charge on any atom is -0.379 e. The van der Waals surface area contributed by atoms with Gasteiger partial charge in [0.05, 0.1) is 19.4 Å². The summed E-state index contributed by atoms with van der Waals surface area (Å²) in [5.74, 6) is -0.438. The van der Waals surface area contributed by atoms with E-state index < -0.39 is 5.91 Å². The normalized spacial score (nSPS) is 14.8. The summed E-state index contributed by atoms with van der Waals surface area (Å²) < 4.78 is 11.3. The Morgan fingerprint density at radius 2 is 1.97 bits per heavy atom. The molecule has 4 aromatic rings. The molecule has 0 atom stereocenters. The smallest absolute Gasteiger partial charge is 0.292 e. The lowest BCUT2D eigenvalue weighted by Gasteiger charge is -2.25. The first-order chi connectivity index (χ1) is 16.2. The molecule has 0 aliphatic carbocycles. The molecule has 0 unspecified atom stereocenters. The Morgan fingerprint density at radius 1 is 1.15 bits per heavy atom. The molecule has 1 fully saturated rings. The molecule has 1 saturated heterocycles. The Hall–Kier alpha value is -4.16. The Labute approximate surface area is 187 Å². The van der Waals surface area contributed by atoms with E-state index in [2.05, 4.69) is 40.7 Å². The minimum absolute atomic E-state index is 0.00821. The van der Waals surface area contributed by atoms with Crippen molar-refractivity contribution >= 4 is 28.7 Å². The predicted molar refractivity (Wildman–Crippen MR) is 119 cm³/mol. The van der Waals surface area contributed by atoms with Crippen LogP contribution in [0.3, 0.4) is 0 Å². The molecule has 2 aromatic carbocycles. The van der Waals surface area contributed by atoms with E-state index in [1.54, 1.807) is 6.21 Å². The van der Waals surface area contributed by atoms with Crippen LogP contribution >= 0.6 is 0 Å². The van der Waals surface area contributed by atoms with Gasteiger partial charge in [-0.15, -0.1) is 5.10 Å². The van der Waals surface area contributed by atoms with Crippen LogP contribution in [0.25, 0.3) is 16.6 Å². The summed E-state index contributed by atoms with van der Waals surface area (Å²) >= 11 is 0. The Balaban J connectivity index is 1.42. The Bertz CT molecular complexity index is 1300. The number of fused-ring (bicyclic) bond motifs is 1. The van der Waals surface area contributed by atoms with Gasteiger partial charge in [-0.05, 0) is 21.1 Å². The average Bonchev–Trinajstić information content (AvgIpc) is 3.45. The first kappa shape index (κ1) is 20.7. The average molecular weight is 447 g/mol. The molecule has 5 rings (SSSR count). The molecule has 2 aromatic heterocycles. The number of nitrogens with two attached hydrogens (primary N) is 1. The van der Waals surface area contributed by atoms with Gasteiger partial charge in [0.2, 0.25) is 11.6 Å². The first-order valence-electron chi connectivity index (χ1n) is 10.3. The second-order valence-corrected chi connectivity index (χ2v) is 7.43. The maximum Gasteiger partial charge on any atom is 0.292 e. The number of carbonyl (C=O) groups is 1. The Kier molecular flexibility index (Phi) is 5.74. The molecule has 3 heterocycles. The van der Waals surface area contributed by atoms with E-state index in [9.17, 15) is 4.79 Å². The number of anilines is 1. The van der Waals surface area contributed by atoms with Crippen molar-refractivity contribution in [2.75, 3.05) is 32.0 Å². The van der Waals surface area contributed by atoms with Gasteiger partial charge >= 0.3 is 0 Å². The largest absolute Gasteiger partial charge is 0.379 e. The number of aromatic nitrogens is 5. The van der Waals surface area contributed by atoms with Crippen LogP contribution in [-0.2, 0) is 11.3 Å². The molecule has 12 heteroatoms. The highest BCUT2D eigenvalue weighted by Gasteiger charge is 2.26. The quantitative estimate of drug-likeness (QED) is 0.326. The van der Waals surface area contributed by atoms with E-state index in [0.29, 0.717) is 25.5 Å². The van der Waals surface area contributed by atoms with Crippen molar-refractivity contribution in [3.05, 3.63) is 59.4 Å². The molecule has 33 heavy (non-hydrogen) atoms. The first-order valence-corrected chi connectivity index (χ1v) is 10.3. The third kappa shape index (κ3) is 4.29. The van der Waals surface area contributed by atoms with Gasteiger partial charge < -0.3 is 10.5 Å². The predicted octanol–water partition coefficient (Wildman–Crippen LogP) is 0.982. The summed E-state index contributed by atoms with van der Waals surface area (Å²) in [7, 11) is 0. The zero-order chi connectivity index (χ0) is 22.6. The van der Waals surface area contributed by atoms with Crippen molar-refractivity contribution in [1.82, 2.24) is 35.6 Å². The number of hydrogen-bond donors (Lipinski definition) is 2. The topological polar surface area (TPSA) is 150 Å². The zero-order valence-corrected chi connectivity index (χ0v) is 17.6. The number of nitrogen functional groups attached to an aromatic ring is 1. The van der Waals surface area contributed by atoms with Crippen molar-refractivity contribution in [2.45, 2.75) is 6.54 Å². The molecule has 0 spiro atoms. The molecule has 168 valence electrons. The molecule has 1 amide bonds. The van der Waals surface area contributed by atoms with Crippen LogP contribution in [0, 0.1) is 0 Å². The van der Waals surface area contributed by atoms with Crippen molar-refractivity contribution < 1.29 is 14.2 Å². The van der Waals surface area contributed by atoms with E-state index in [1.165, 1.54) is 4.68 Å². The van der Waals surface area contributed by atoms with Crippen molar-refractivity contribution in [3.63, 3.8) is 0 Å². The summed E-state index contributed by atoms with van der Waals surface area (Å²) in [6.07, 6.45) is 1.60. The van der Waals surface area contributed by atoms with Crippen LogP contribution in [0.1, 0.15) is 21.7 Å². The van der Waals surface area contributed by atoms with Gasteiger partial charge in [-0.2, -0.15) is 9.78 Å². The van der Waals surface area contributed by atoms with Crippen LogP contribution in [-0.4, -0.2) is 68.6 Å². The fourth-order valence-electron chi connectivity index (χ4n) is 3.68. The van der Waals surface area contributed by atoms with Crippen molar-refractivity contribution in [3.8, 4) is 5.82 Å². The van der Waals surface area contributed by atoms with E-state index in [4.69, 9.17) is 10.5 Å². The SMILES string of the molecule is Nc1nonc1-n1nnc(CN2CCOCC2)c1C(=O)N/N=C\c1cccc2ccccc12. The number of hydrazone groups is 1. The van der Waals surface area contributed by atoms with Gasteiger partial charge in [-0.1, -0.05) is 47.7 Å². The Morgan fingerprint density at radius 3 is 2.79 bits per heavy atom. The van der Waals surface area contributed by atoms with Crippen LogP contribution in [0.4, 0.5) is 5.82 Å². The van der Waals surface area contributed by atoms with Crippen molar-refractivity contribution in [1.29, 1.82) is 0 Å². The molecule has 0 radical (unpaired) electrons. The highest BCUT2D eigenvalue weighted by Crippen LogP contribution is 2.18. The number of amides is 1. The maximum atomic E-state index is 13.2. The monoisotopic (exact) mass is 447 g/mol. The fourth-order valence-corrected chi connectivity index (χ4v) is 3.68. The molecule has 0 saturated carbocycles. The van der Waals surface area contributed by atoms with Crippen LogP contribution in [0.2, 0.25) is 0 Å². The summed E-state index contributed by atoms with van der Waals surface area (Å²) in [5, 5.41) is 21.8. The highest BCUT2D eigenvalue weighted by molar-refractivity contribution is 6.00. The van der Waals surface area contributed by atoms with Gasteiger partial charge in [0.25, 0.3) is 5.91 Å². The molecule has 1 aliphatic heterocycles. The lowest BCUT2D eigenvalue weighted by molar-refractivity contribution is 0.0335. The number of benzene rings is 2. The van der Waals surface area contributed by atoms with E-state index in [1.807, 2.05) is 42.5 Å². The fraction of sp³-hybridized carbons (Fsp3) is 0.238. The number of hydrogen-bond acceptors (Lipinski definition) is 10. The minimum atomic E-state index is -0.512. The van der Waals surface area contributed by atoms with Crippen LogP contribution < -0.4 is 11.2 Å². The highest BCUT2D eigenvalue weighted by atomic mass is 16.6. The third-order valence-electron chi connectivity index (χ3n) is 5.32. The second-order valence-electron chi connectivity index (χ2n) is 7.43. The van der Waals surface area contributed by atoms with Gasteiger partial charge in [0.15, 0.2) is 5.69 Å². The summed E-state index contributed by atoms with van der Waals surface area (Å²) in [5.41, 5.74) is 9.87. The number of nitrogens with one attached hydrogen (secondary N) is 1. The molecular weight excluding hydrogens is 426 g/mol. The van der Waals surface area contributed by atoms with Gasteiger partial charge in [-0.25, -0.2) is 10.1 Å². The molecule has 0 bridgehead atoms. The molecule has 1 aliphatic rings. The number of rotatable bonds is 6. The maximum absolute atomic E-state index is 13.2. The lowest BCUT2D eigenvalue weighted by atomic mass is 10.1. The van der Waals surface area contributed by atoms with Gasteiger partial charge in [0.1, 0.15) is 5.69 Å². The molecular formula is C21H21N9O3. The molecule has 3 N–H and O–H groups in total. The van der Waals surface area contributed by atoms with E-state index in [0.717, 1.165) is 29.4 Å². The number of carbonyl (C=O) groups excluding carboxylic acids is 1. The third-order valence-corrected chi connectivity index (χ3v) is 5.32. The van der Waals surface area contributed by atoms with Gasteiger partial charge in [-0.3, -0.25) is 9.69 Å². The van der Waals surface area contributed by atoms with E-state index in [-0.39, 0.29) is 17.3 Å². The van der Waals surface area contributed by atoms with Crippen molar-refractivity contribution in [2.24, 2.45) is 5.10 Å². The van der Waals surface area contributed by atoms with Gasteiger partial charge in [0, 0.05) is 25.2 Å². The standard InChI is InChI=1S/C21H21N9O3/c22-19-20(27-33-26-19)30-18(17(24-28-30)13-29-8-10-32-11-9-29)21(31)25-23-12-15-6-3-5-14-4-1-2-7-16(14)15/h1-7,12H,8-11,13H2,(H2,22,26)(H,25,31)/b23-12-. The lowest BCUT2D eigenvalue weighted by Crippen LogP contribution is -2.36. The second kappa shape index (κ2) is 9.14. The van der Waals surface area contributed by atoms with E-state index >= 15 is 0 Å². The number of morpholine rings is 1. The van der Waals surface area contributed by atoms with Crippen LogP contribution in [0.15, 0.2) is 52.2 Å². The zero-order valence-electron chi connectivity index (χ0n) is 17.6. The summed E-state index contributed by atoms with van der Waals surface area (Å²) in [6, 6.07) is 13.8.